The molecule has 1 aromatic carbocycles. The van der Waals surface area contributed by atoms with Crippen LogP contribution in [0, 0.1) is 0 Å². The van der Waals surface area contributed by atoms with Crippen molar-refractivity contribution in [3.63, 3.8) is 0 Å². The molecule has 0 saturated heterocycles. The van der Waals surface area contributed by atoms with Crippen LogP contribution in [0.2, 0.25) is 0 Å². The summed E-state index contributed by atoms with van der Waals surface area (Å²) in [5.74, 6) is 0.575. The number of pyridine rings is 1. The number of carbonyl (C=O) groups excluding carboxylic acids is 2. The molecule has 1 heterocycles. The first-order valence-electron chi connectivity index (χ1n) is 7.48. The summed E-state index contributed by atoms with van der Waals surface area (Å²) in [5, 5.41) is 0. The summed E-state index contributed by atoms with van der Waals surface area (Å²) in [6, 6.07) is 10.0. The Kier molecular flexibility index (Phi) is 5.73. The van der Waals surface area contributed by atoms with E-state index in [0.29, 0.717) is 23.5 Å². The van der Waals surface area contributed by atoms with Crippen LogP contribution >= 0.6 is 0 Å². The molecule has 2 N–H and O–H groups in total. The Morgan fingerprint density at radius 1 is 1.00 bits per heavy atom. The van der Waals surface area contributed by atoms with Crippen LogP contribution in [-0.2, 0) is 0 Å². The molecule has 0 fully saturated rings. The van der Waals surface area contributed by atoms with Crippen LogP contribution < -0.4 is 20.5 Å². The highest BCUT2D eigenvalue weighted by molar-refractivity contribution is 5.99. The van der Waals surface area contributed by atoms with Gasteiger partial charge in [0.2, 0.25) is 0 Å². The topological polar surface area (TPSA) is 83.6 Å². The third-order valence-electron chi connectivity index (χ3n) is 3.19. The summed E-state index contributed by atoms with van der Waals surface area (Å²) in [4.78, 5) is 30.0. The van der Waals surface area contributed by atoms with Gasteiger partial charge in [-0.2, -0.15) is 0 Å². The molecular formula is C17H20N4O3. The third-order valence-corrected chi connectivity index (χ3v) is 3.19. The molecule has 0 atom stereocenters. The van der Waals surface area contributed by atoms with Crippen molar-refractivity contribution in [3.05, 3.63) is 53.7 Å². The van der Waals surface area contributed by atoms with Crippen molar-refractivity contribution in [3.8, 4) is 5.75 Å². The Balaban J connectivity index is 1.91. The fraction of sp³-hybridized carbons (Fsp3) is 0.235. The lowest BCUT2D eigenvalue weighted by Gasteiger charge is -2.11. The van der Waals surface area contributed by atoms with Gasteiger partial charge in [0, 0.05) is 25.9 Å². The van der Waals surface area contributed by atoms with Crippen molar-refractivity contribution in [1.29, 1.82) is 0 Å². The minimum atomic E-state index is -0.438. The van der Waals surface area contributed by atoms with Crippen LogP contribution in [-0.4, -0.2) is 37.5 Å². The van der Waals surface area contributed by atoms with E-state index in [1.54, 1.807) is 36.4 Å². The molecule has 0 radical (unpaired) electrons. The maximum Gasteiger partial charge on any atom is 0.271 e. The van der Waals surface area contributed by atoms with Gasteiger partial charge in [-0.1, -0.05) is 0 Å². The first-order valence-corrected chi connectivity index (χ1v) is 7.48. The molecule has 7 heteroatoms. The van der Waals surface area contributed by atoms with E-state index in [1.165, 1.54) is 6.20 Å². The lowest BCUT2D eigenvalue weighted by molar-refractivity contribution is 0.0846. The molecule has 7 nitrogen and oxygen atoms in total. The molecule has 1 aromatic heterocycles. The summed E-state index contributed by atoms with van der Waals surface area (Å²) in [5.41, 5.74) is 5.50. The van der Waals surface area contributed by atoms with Gasteiger partial charge in [0.25, 0.3) is 11.8 Å². The Labute approximate surface area is 140 Å². The lowest BCUT2D eigenvalue weighted by Crippen LogP contribution is -2.41. The summed E-state index contributed by atoms with van der Waals surface area (Å²) in [6.45, 7) is 2.44. The van der Waals surface area contributed by atoms with Crippen molar-refractivity contribution in [2.75, 3.05) is 25.6 Å². The first-order chi connectivity index (χ1) is 11.5. The average molecular weight is 328 g/mol. The minimum Gasteiger partial charge on any atom is -0.494 e. The molecule has 0 unspecified atom stereocenters. The quantitative estimate of drug-likeness (QED) is 0.815. The molecule has 126 valence electrons. The summed E-state index contributed by atoms with van der Waals surface area (Å²) in [6.07, 6.45) is 1.45. The number of rotatable bonds is 5. The number of hydrogen-bond acceptors (Lipinski definition) is 5. The fourth-order valence-electron chi connectivity index (χ4n) is 1.91. The number of ether oxygens (including phenoxy) is 1. The number of hydrazine groups is 1. The highest BCUT2D eigenvalue weighted by Crippen LogP contribution is 2.12. The molecule has 0 saturated carbocycles. The van der Waals surface area contributed by atoms with Crippen LogP contribution in [0.4, 0.5) is 5.82 Å². The van der Waals surface area contributed by atoms with Gasteiger partial charge in [-0.25, -0.2) is 4.98 Å². The second-order valence-electron chi connectivity index (χ2n) is 5.17. The molecule has 0 aliphatic carbocycles. The minimum absolute atomic E-state index is 0.354. The Morgan fingerprint density at radius 3 is 2.08 bits per heavy atom. The van der Waals surface area contributed by atoms with E-state index in [0.717, 1.165) is 5.82 Å². The molecule has 0 aliphatic rings. The summed E-state index contributed by atoms with van der Waals surface area (Å²) < 4.78 is 5.31. The number of nitrogens with zero attached hydrogens (tertiary/aromatic N) is 2. The summed E-state index contributed by atoms with van der Waals surface area (Å²) in [7, 11) is 3.72. The molecule has 2 aromatic rings. The third kappa shape index (κ3) is 4.45. The zero-order valence-electron chi connectivity index (χ0n) is 13.9. The van der Waals surface area contributed by atoms with Crippen molar-refractivity contribution in [2.45, 2.75) is 6.92 Å². The molecular weight excluding hydrogens is 308 g/mol. The molecule has 2 rings (SSSR count). The number of carbonyl (C=O) groups is 2. The monoisotopic (exact) mass is 328 g/mol. The molecule has 0 aliphatic heterocycles. The maximum atomic E-state index is 12.0. The van der Waals surface area contributed by atoms with Gasteiger partial charge in [-0.3, -0.25) is 20.4 Å². The van der Waals surface area contributed by atoms with E-state index in [1.807, 2.05) is 25.9 Å². The normalized spacial score (nSPS) is 9.96. The predicted molar refractivity (Wildman–Crippen MR) is 91.1 cm³/mol. The Bertz CT molecular complexity index is 697. The Hall–Kier alpha value is -3.09. The second-order valence-corrected chi connectivity index (χ2v) is 5.17. The van der Waals surface area contributed by atoms with E-state index >= 15 is 0 Å². The zero-order valence-corrected chi connectivity index (χ0v) is 13.9. The lowest BCUT2D eigenvalue weighted by atomic mass is 10.2. The number of amides is 2. The second kappa shape index (κ2) is 7.96. The fourth-order valence-corrected chi connectivity index (χ4v) is 1.91. The molecule has 2 amide bonds. The van der Waals surface area contributed by atoms with Crippen LogP contribution in [0.15, 0.2) is 42.6 Å². The number of benzene rings is 1. The number of hydrogen-bond donors (Lipinski definition) is 2. The number of aromatic nitrogens is 1. The van der Waals surface area contributed by atoms with E-state index < -0.39 is 11.8 Å². The summed E-state index contributed by atoms with van der Waals surface area (Å²) >= 11 is 0. The van der Waals surface area contributed by atoms with Gasteiger partial charge in [0.15, 0.2) is 0 Å². The molecule has 24 heavy (non-hydrogen) atoms. The van der Waals surface area contributed by atoms with Crippen molar-refractivity contribution < 1.29 is 14.3 Å². The van der Waals surface area contributed by atoms with Gasteiger partial charge in [-0.15, -0.1) is 0 Å². The van der Waals surface area contributed by atoms with Gasteiger partial charge in [0.1, 0.15) is 11.6 Å². The van der Waals surface area contributed by atoms with Crippen LogP contribution in [0.25, 0.3) is 0 Å². The number of anilines is 1. The average Bonchev–Trinajstić information content (AvgIpc) is 2.60. The van der Waals surface area contributed by atoms with E-state index in [2.05, 4.69) is 15.8 Å². The SMILES string of the molecule is CCOc1ccc(C(=O)NNC(=O)c2ccc(N(C)C)nc2)cc1. The number of nitrogens with one attached hydrogen (secondary N) is 2. The molecule has 0 bridgehead atoms. The van der Waals surface area contributed by atoms with Gasteiger partial charge >= 0.3 is 0 Å². The highest BCUT2D eigenvalue weighted by Gasteiger charge is 2.10. The smallest absolute Gasteiger partial charge is 0.271 e. The molecule has 0 spiro atoms. The van der Waals surface area contributed by atoms with E-state index in [4.69, 9.17) is 4.74 Å². The van der Waals surface area contributed by atoms with Crippen molar-refractivity contribution >= 4 is 17.6 Å². The standard InChI is InChI=1S/C17H20N4O3/c1-4-24-14-8-5-12(6-9-14)16(22)19-20-17(23)13-7-10-15(18-11-13)21(2)3/h5-11H,4H2,1-3H3,(H,19,22)(H,20,23). The van der Waals surface area contributed by atoms with Crippen LogP contribution in [0.3, 0.4) is 0 Å². The zero-order chi connectivity index (χ0) is 17.5. The maximum absolute atomic E-state index is 12.0. The van der Waals surface area contributed by atoms with Gasteiger partial charge < -0.3 is 9.64 Å². The van der Waals surface area contributed by atoms with E-state index in [9.17, 15) is 9.59 Å². The van der Waals surface area contributed by atoms with Crippen molar-refractivity contribution in [2.24, 2.45) is 0 Å². The highest BCUT2D eigenvalue weighted by atomic mass is 16.5. The Morgan fingerprint density at radius 2 is 1.58 bits per heavy atom. The van der Waals surface area contributed by atoms with Gasteiger partial charge in [0.05, 0.1) is 12.2 Å². The van der Waals surface area contributed by atoms with E-state index in [-0.39, 0.29) is 0 Å². The largest absolute Gasteiger partial charge is 0.494 e. The van der Waals surface area contributed by atoms with Crippen LogP contribution in [0.1, 0.15) is 27.6 Å². The first kappa shape index (κ1) is 17.3. The van der Waals surface area contributed by atoms with Crippen LogP contribution in [0.5, 0.6) is 5.75 Å². The van der Waals surface area contributed by atoms with Crippen molar-refractivity contribution in [1.82, 2.24) is 15.8 Å². The van der Waals surface area contributed by atoms with Gasteiger partial charge in [-0.05, 0) is 43.3 Å². The predicted octanol–water partition coefficient (Wildman–Crippen LogP) is 1.62.